The number of hydrogen-bond donors (Lipinski definition) is 2. The van der Waals surface area contributed by atoms with Gasteiger partial charge in [0.1, 0.15) is 11.6 Å². The van der Waals surface area contributed by atoms with Gasteiger partial charge in [-0.2, -0.15) is 4.98 Å². The number of methoxy groups -OCH3 is 1. The zero-order chi connectivity index (χ0) is 45.3. The van der Waals surface area contributed by atoms with Crippen molar-refractivity contribution in [2.45, 2.75) is 165 Å². The Bertz CT molecular complexity index is 1870. The molecule has 0 unspecified atom stereocenters. The first-order valence-corrected chi connectivity index (χ1v) is 23.7. The van der Waals surface area contributed by atoms with E-state index in [1.807, 2.05) is 11.8 Å². The molecule has 1 aromatic heterocycles. The van der Waals surface area contributed by atoms with Gasteiger partial charge in [-0.25, -0.2) is 4.98 Å². The van der Waals surface area contributed by atoms with Crippen molar-refractivity contribution in [2.75, 3.05) is 50.9 Å². The first kappa shape index (κ1) is 51.9. The Labute approximate surface area is 378 Å². The number of piperazine rings is 1. The minimum absolute atomic E-state index is 0.267. The van der Waals surface area contributed by atoms with Crippen LogP contribution in [0.3, 0.4) is 0 Å². The number of ether oxygens (including phenoxy) is 1. The number of carbonyl (C=O) groups is 1. The Morgan fingerprint density at radius 3 is 1.79 bits per heavy atom. The van der Waals surface area contributed by atoms with E-state index < -0.39 is 0 Å². The van der Waals surface area contributed by atoms with Crippen LogP contribution in [-0.4, -0.2) is 65.5 Å². The summed E-state index contributed by atoms with van der Waals surface area (Å²) in [7, 11) is 1.73. The largest absolute Gasteiger partial charge is 0.496 e. The van der Waals surface area contributed by atoms with E-state index in [0.717, 1.165) is 145 Å². The average Bonchev–Trinajstić information content (AvgIpc) is 3.23. The van der Waals surface area contributed by atoms with Crippen molar-refractivity contribution in [3.05, 3.63) is 110 Å². The van der Waals surface area contributed by atoms with Crippen LogP contribution in [0, 0.1) is 6.92 Å². The van der Waals surface area contributed by atoms with E-state index in [-0.39, 0.29) is 11.9 Å². The number of hydrogen-bond acceptors (Lipinski definition) is 7. The number of nitrogen functional groups attached to an aromatic ring is 1. The van der Waals surface area contributed by atoms with Crippen LogP contribution in [-0.2, 0) is 17.8 Å². The molecule has 1 aromatic carbocycles. The van der Waals surface area contributed by atoms with Crippen LogP contribution in [0.25, 0.3) is 0 Å². The van der Waals surface area contributed by atoms with Gasteiger partial charge in [0.25, 0.3) is 0 Å². The van der Waals surface area contributed by atoms with Crippen LogP contribution < -0.4 is 15.8 Å². The zero-order valence-electron chi connectivity index (χ0n) is 40.7. The summed E-state index contributed by atoms with van der Waals surface area (Å²) in [5.74, 6) is 2.22. The predicted molar refractivity (Wildman–Crippen MR) is 266 cm³/mol. The van der Waals surface area contributed by atoms with E-state index in [1.54, 1.807) is 7.11 Å². The van der Waals surface area contributed by atoms with Gasteiger partial charge in [0.15, 0.2) is 0 Å². The fourth-order valence-corrected chi connectivity index (χ4v) is 7.86. The Morgan fingerprint density at radius 2 is 1.26 bits per heavy atom. The SMILES string of the molecule is CCCCNc1nc(N)nc(C)c1Cc1ccc(CN2CCN(C(=O)CC/C(C)=C/CC/C(C)=C/CC/C(C)=C/CC/C=C(\C)CC/C=C(\C)CCC=C(C)C)CC2)cc1OC. The van der Waals surface area contributed by atoms with Crippen molar-refractivity contribution in [2.24, 2.45) is 0 Å². The van der Waals surface area contributed by atoms with E-state index in [4.69, 9.17) is 10.5 Å². The molecule has 3 N–H and O–H groups in total. The molecule has 342 valence electrons. The van der Waals surface area contributed by atoms with Crippen molar-refractivity contribution in [3.8, 4) is 5.75 Å². The quantitative estimate of drug-likeness (QED) is 0.0683. The normalized spacial score (nSPS) is 14.7. The lowest BCUT2D eigenvalue weighted by Crippen LogP contribution is -2.48. The summed E-state index contributed by atoms with van der Waals surface area (Å²) in [6, 6.07) is 6.50. The lowest BCUT2D eigenvalue weighted by atomic mass is 10.0. The van der Waals surface area contributed by atoms with Gasteiger partial charge < -0.3 is 20.7 Å². The number of nitrogens with two attached hydrogens (primary N) is 1. The highest BCUT2D eigenvalue weighted by atomic mass is 16.5. The Balaban J connectivity index is 1.33. The van der Waals surface area contributed by atoms with Crippen LogP contribution in [0.1, 0.15) is 168 Å². The van der Waals surface area contributed by atoms with E-state index in [2.05, 4.69) is 130 Å². The highest BCUT2D eigenvalue weighted by molar-refractivity contribution is 5.76. The maximum absolute atomic E-state index is 13.2. The Kier molecular flexibility index (Phi) is 24.3. The summed E-state index contributed by atoms with van der Waals surface area (Å²) in [6.07, 6.45) is 29.8. The lowest BCUT2D eigenvalue weighted by molar-refractivity contribution is -0.133. The average molecular weight is 849 g/mol. The van der Waals surface area contributed by atoms with Gasteiger partial charge in [-0.15, -0.1) is 0 Å². The smallest absolute Gasteiger partial charge is 0.222 e. The van der Waals surface area contributed by atoms with Crippen molar-refractivity contribution in [1.82, 2.24) is 19.8 Å². The van der Waals surface area contributed by atoms with E-state index >= 15 is 0 Å². The van der Waals surface area contributed by atoms with Crippen LogP contribution in [0.15, 0.2) is 88.1 Å². The highest BCUT2D eigenvalue weighted by Crippen LogP contribution is 2.28. The lowest BCUT2D eigenvalue weighted by Gasteiger charge is -2.35. The number of benzene rings is 1. The van der Waals surface area contributed by atoms with Crippen molar-refractivity contribution >= 4 is 17.7 Å². The Morgan fingerprint density at radius 1 is 0.726 bits per heavy atom. The molecule has 0 bridgehead atoms. The second-order valence-corrected chi connectivity index (χ2v) is 18.0. The van der Waals surface area contributed by atoms with E-state index in [9.17, 15) is 4.79 Å². The third kappa shape index (κ3) is 20.6. The molecule has 8 heteroatoms. The molecule has 1 aliphatic rings. The van der Waals surface area contributed by atoms with Gasteiger partial charge in [0, 0.05) is 63.4 Å². The molecule has 1 aliphatic heterocycles. The highest BCUT2D eigenvalue weighted by Gasteiger charge is 2.22. The maximum atomic E-state index is 13.2. The van der Waals surface area contributed by atoms with Gasteiger partial charge in [0.05, 0.1) is 7.11 Å². The number of nitrogens with one attached hydrogen (secondary N) is 1. The summed E-state index contributed by atoms with van der Waals surface area (Å²) in [5, 5.41) is 3.46. The fourth-order valence-electron chi connectivity index (χ4n) is 7.86. The van der Waals surface area contributed by atoms with E-state index in [0.29, 0.717) is 12.8 Å². The first-order valence-electron chi connectivity index (χ1n) is 23.7. The van der Waals surface area contributed by atoms with Gasteiger partial charge in [-0.1, -0.05) is 95.4 Å². The predicted octanol–water partition coefficient (Wildman–Crippen LogP) is 13.2. The molecule has 0 atom stereocenters. The zero-order valence-corrected chi connectivity index (χ0v) is 40.7. The van der Waals surface area contributed by atoms with Gasteiger partial charge >= 0.3 is 0 Å². The number of amides is 1. The summed E-state index contributed by atoms with van der Waals surface area (Å²) in [4.78, 5) is 26.6. The van der Waals surface area contributed by atoms with Gasteiger partial charge in [-0.3, -0.25) is 9.69 Å². The molecule has 3 rings (SSSR count). The fraction of sp³-hybridized carbons (Fsp3) is 0.574. The second-order valence-electron chi connectivity index (χ2n) is 18.0. The number of anilines is 2. The minimum atomic E-state index is 0.267. The summed E-state index contributed by atoms with van der Waals surface area (Å²) >= 11 is 0. The number of unbranched alkanes of at least 4 members (excludes halogenated alkanes) is 2. The van der Waals surface area contributed by atoms with Crippen LogP contribution in [0.4, 0.5) is 11.8 Å². The molecular weight excluding hydrogens is 765 g/mol. The maximum Gasteiger partial charge on any atom is 0.222 e. The molecule has 0 spiro atoms. The van der Waals surface area contributed by atoms with Crippen LogP contribution in [0.2, 0.25) is 0 Å². The topological polar surface area (TPSA) is 96.6 Å². The molecule has 8 nitrogen and oxygen atoms in total. The number of allylic oxidation sites excluding steroid dienone is 12. The summed E-state index contributed by atoms with van der Waals surface area (Å²) in [5.41, 5.74) is 18.9. The third-order valence-electron chi connectivity index (χ3n) is 12.0. The number of carbonyl (C=O) groups excluding carboxylic acids is 1. The minimum Gasteiger partial charge on any atom is -0.496 e. The second kappa shape index (κ2) is 29.0. The molecule has 0 radical (unpaired) electrons. The molecular formula is C54H84N6O2. The van der Waals surface area contributed by atoms with Crippen LogP contribution >= 0.6 is 0 Å². The van der Waals surface area contributed by atoms with Crippen molar-refractivity contribution in [1.29, 1.82) is 0 Å². The van der Waals surface area contributed by atoms with Gasteiger partial charge in [-0.05, 0) is 150 Å². The molecule has 1 amide bonds. The number of nitrogens with zero attached hydrogens (tertiary/aromatic N) is 4. The molecule has 1 saturated heterocycles. The van der Waals surface area contributed by atoms with Gasteiger partial charge in [0.2, 0.25) is 11.9 Å². The molecule has 0 aliphatic carbocycles. The molecule has 2 heterocycles. The molecule has 2 aromatic rings. The molecule has 0 saturated carbocycles. The van der Waals surface area contributed by atoms with Crippen LogP contribution in [0.5, 0.6) is 5.75 Å². The summed E-state index contributed by atoms with van der Waals surface area (Å²) in [6.45, 7) is 24.7. The van der Waals surface area contributed by atoms with E-state index in [1.165, 1.54) is 45.4 Å². The number of rotatable bonds is 27. The number of aromatic nitrogens is 2. The standard InChI is InChI=1S/C54H84N6O2/c1-11-12-33-56-53-50(47(9)57-54(55)58-53)39-49-31-30-48(38-51(49)62-10)40-59-34-36-60(37-35-59)52(61)32-29-46(8)28-18-27-45(7)26-17-24-43(5)21-14-13-20-42(4)23-16-25-44(6)22-15-19-41(2)3/h19-21,25-26,28,30-31,38H,11-18,22-24,27,29,32-37,39-40H2,1-10H3,(H3,55,56,57,58)/b42-20+,43-21+,44-25+,45-26+,46-28+. The summed E-state index contributed by atoms with van der Waals surface area (Å²) < 4.78 is 5.87. The Hall–Kier alpha value is -4.43. The third-order valence-corrected chi connectivity index (χ3v) is 12.0. The van der Waals surface area contributed by atoms with Crippen molar-refractivity contribution < 1.29 is 9.53 Å². The monoisotopic (exact) mass is 849 g/mol. The molecule has 62 heavy (non-hydrogen) atoms. The molecule has 1 fully saturated rings. The van der Waals surface area contributed by atoms with Crippen molar-refractivity contribution in [3.63, 3.8) is 0 Å². The first-order chi connectivity index (χ1) is 29.8. The number of aryl methyl sites for hydroxylation is 1.